The Morgan fingerprint density at radius 3 is 2.64 bits per heavy atom. The standard InChI is InChI=1S/C22H26N2O4/c1-26-20-7-3-2-5-18(20)24-13-11-23(12-14-24)10-4-6-19(25)17-8-9-21-22(15-17)28-16-27-21/h2-3,5,7-9,15H,4,6,10-14,16H2,1H3. The molecule has 1 saturated heterocycles. The van der Waals surface area contributed by atoms with Crippen LogP contribution in [0.5, 0.6) is 17.2 Å². The number of hydrogen-bond donors (Lipinski definition) is 0. The summed E-state index contributed by atoms with van der Waals surface area (Å²) in [6.07, 6.45) is 1.41. The van der Waals surface area contributed by atoms with Crippen LogP contribution in [-0.4, -0.2) is 57.3 Å². The number of piperazine rings is 1. The Bertz CT molecular complexity index is 831. The van der Waals surface area contributed by atoms with Crippen LogP contribution in [0.3, 0.4) is 0 Å². The highest BCUT2D eigenvalue weighted by molar-refractivity contribution is 5.96. The predicted octanol–water partition coefficient (Wildman–Crippen LogP) is 3.21. The van der Waals surface area contributed by atoms with Gasteiger partial charge in [-0.1, -0.05) is 12.1 Å². The number of carbonyl (C=O) groups is 1. The first-order valence-corrected chi connectivity index (χ1v) is 9.78. The van der Waals surface area contributed by atoms with Gasteiger partial charge in [-0.3, -0.25) is 9.69 Å². The number of Topliss-reactive ketones (excluding diaryl/α,β-unsaturated/α-hetero) is 1. The first kappa shape index (κ1) is 18.6. The summed E-state index contributed by atoms with van der Waals surface area (Å²) in [5.41, 5.74) is 1.85. The van der Waals surface area contributed by atoms with Gasteiger partial charge in [0.1, 0.15) is 5.75 Å². The van der Waals surface area contributed by atoms with Gasteiger partial charge in [-0.2, -0.15) is 0 Å². The topological polar surface area (TPSA) is 51.2 Å². The summed E-state index contributed by atoms with van der Waals surface area (Å²) in [7, 11) is 1.71. The van der Waals surface area contributed by atoms with Crippen molar-refractivity contribution >= 4 is 11.5 Å². The van der Waals surface area contributed by atoms with Crippen molar-refractivity contribution in [2.24, 2.45) is 0 Å². The molecule has 2 aliphatic rings. The minimum Gasteiger partial charge on any atom is -0.495 e. The van der Waals surface area contributed by atoms with E-state index in [1.807, 2.05) is 30.3 Å². The number of hydrogen-bond acceptors (Lipinski definition) is 6. The van der Waals surface area contributed by atoms with Crippen molar-refractivity contribution in [1.29, 1.82) is 0 Å². The molecule has 0 aromatic heterocycles. The molecule has 2 heterocycles. The molecular formula is C22H26N2O4. The fourth-order valence-electron chi connectivity index (χ4n) is 3.78. The second-order valence-electron chi connectivity index (χ2n) is 7.10. The maximum Gasteiger partial charge on any atom is 0.231 e. The molecule has 0 bridgehead atoms. The Kier molecular flexibility index (Phi) is 5.67. The fraction of sp³-hybridized carbons (Fsp3) is 0.409. The molecule has 0 unspecified atom stereocenters. The Morgan fingerprint density at radius 1 is 1.04 bits per heavy atom. The molecule has 4 rings (SSSR count). The van der Waals surface area contributed by atoms with Gasteiger partial charge in [-0.05, 0) is 43.3 Å². The molecule has 0 N–H and O–H groups in total. The third-order valence-corrected chi connectivity index (χ3v) is 5.37. The molecule has 6 heteroatoms. The van der Waals surface area contributed by atoms with E-state index in [0.717, 1.165) is 50.6 Å². The van der Waals surface area contributed by atoms with E-state index in [1.54, 1.807) is 13.2 Å². The van der Waals surface area contributed by atoms with Gasteiger partial charge in [-0.15, -0.1) is 0 Å². The lowest BCUT2D eigenvalue weighted by atomic mass is 10.1. The summed E-state index contributed by atoms with van der Waals surface area (Å²) in [6, 6.07) is 13.6. The van der Waals surface area contributed by atoms with Gasteiger partial charge in [0.05, 0.1) is 12.8 Å². The number of fused-ring (bicyclic) bond motifs is 1. The molecule has 2 aliphatic heterocycles. The van der Waals surface area contributed by atoms with Gasteiger partial charge in [0.15, 0.2) is 17.3 Å². The summed E-state index contributed by atoms with van der Waals surface area (Å²) < 4.78 is 16.1. The number of carbonyl (C=O) groups excluding carboxylic acids is 1. The lowest BCUT2D eigenvalue weighted by Gasteiger charge is -2.36. The number of ketones is 1. The number of rotatable bonds is 7. The number of anilines is 1. The van der Waals surface area contributed by atoms with Crippen molar-refractivity contribution in [2.45, 2.75) is 12.8 Å². The van der Waals surface area contributed by atoms with E-state index < -0.39 is 0 Å². The summed E-state index contributed by atoms with van der Waals surface area (Å²) >= 11 is 0. The molecule has 2 aromatic rings. The molecule has 28 heavy (non-hydrogen) atoms. The molecule has 0 aliphatic carbocycles. The van der Waals surface area contributed by atoms with Gasteiger partial charge in [0.25, 0.3) is 0 Å². The van der Waals surface area contributed by atoms with Crippen LogP contribution in [0.25, 0.3) is 0 Å². The van der Waals surface area contributed by atoms with Gasteiger partial charge in [0, 0.05) is 38.2 Å². The zero-order chi connectivity index (χ0) is 19.3. The van der Waals surface area contributed by atoms with Crippen molar-refractivity contribution in [1.82, 2.24) is 4.90 Å². The van der Waals surface area contributed by atoms with E-state index in [-0.39, 0.29) is 12.6 Å². The Balaban J connectivity index is 1.23. The number of methoxy groups -OCH3 is 1. The van der Waals surface area contributed by atoms with Gasteiger partial charge >= 0.3 is 0 Å². The lowest BCUT2D eigenvalue weighted by molar-refractivity contribution is 0.0973. The minimum atomic E-state index is 0.158. The largest absolute Gasteiger partial charge is 0.495 e. The van der Waals surface area contributed by atoms with Gasteiger partial charge in [0.2, 0.25) is 6.79 Å². The number of ether oxygens (including phenoxy) is 3. The third kappa shape index (κ3) is 4.07. The molecule has 1 fully saturated rings. The molecule has 0 amide bonds. The normalized spacial score (nSPS) is 16.2. The van der Waals surface area contributed by atoms with Crippen molar-refractivity contribution in [3.63, 3.8) is 0 Å². The monoisotopic (exact) mass is 382 g/mol. The van der Waals surface area contributed by atoms with Crippen molar-refractivity contribution < 1.29 is 19.0 Å². The first-order valence-electron chi connectivity index (χ1n) is 9.78. The highest BCUT2D eigenvalue weighted by atomic mass is 16.7. The Labute approximate surface area is 165 Å². The predicted molar refractivity (Wildman–Crippen MR) is 108 cm³/mol. The average Bonchev–Trinajstić information content (AvgIpc) is 3.22. The van der Waals surface area contributed by atoms with Crippen molar-refractivity contribution in [2.75, 3.05) is 51.5 Å². The molecular weight excluding hydrogens is 356 g/mol. The SMILES string of the molecule is COc1ccccc1N1CCN(CCCC(=O)c2ccc3c(c2)OCO3)CC1. The second kappa shape index (κ2) is 8.52. The van der Waals surface area contributed by atoms with Crippen LogP contribution in [0.15, 0.2) is 42.5 Å². The van der Waals surface area contributed by atoms with E-state index in [0.29, 0.717) is 23.5 Å². The summed E-state index contributed by atoms with van der Waals surface area (Å²) in [6.45, 7) is 5.10. The van der Waals surface area contributed by atoms with E-state index in [9.17, 15) is 4.79 Å². The van der Waals surface area contributed by atoms with Crippen LogP contribution < -0.4 is 19.1 Å². The average molecular weight is 382 g/mol. The molecule has 0 radical (unpaired) electrons. The molecule has 6 nitrogen and oxygen atoms in total. The van der Waals surface area contributed by atoms with E-state index in [2.05, 4.69) is 15.9 Å². The van der Waals surface area contributed by atoms with Crippen molar-refractivity contribution in [3.05, 3.63) is 48.0 Å². The molecule has 0 spiro atoms. The highest BCUT2D eigenvalue weighted by Gasteiger charge is 2.20. The summed E-state index contributed by atoms with van der Waals surface area (Å²) in [4.78, 5) is 17.3. The summed E-state index contributed by atoms with van der Waals surface area (Å²) in [5, 5.41) is 0. The molecule has 0 atom stereocenters. The van der Waals surface area contributed by atoms with Crippen molar-refractivity contribution in [3.8, 4) is 17.2 Å². The van der Waals surface area contributed by atoms with Crippen LogP contribution in [0.4, 0.5) is 5.69 Å². The Morgan fingerprint density at radius 2 is 1.82 bits per heavy atom. The second-order valence-corrected chi connectivity index (χ2v) is 7.10. The molecule has 0 saturated carbocycles. The zero-order valence-corrected chi connectivity index (χ0v) is 16.2. The van der Waals surface area contributed by atoms with Crippen LogP contribution in [0, 0.1) is 0 Å². The lowest BCUT2D eigenvalue weighted by Crippen LogP contribution is -2.46. The van der Waals surface area contributed by atoms with Crippen LogP contribution >= 0.6 is 0 Å². The van der Waals surface area contributed by atoms with Gasteiger partial charge < -0.3 is 19.1 Å². The quantitative estimate of drug-likeness (QED) is 0.686. The Hall–Kier alpha value is -2.73. The zero-order valence-electron chi connectivity index (χ0n) is 16.2. The number of benzene rings is 2. The van der Waals surface area contributed by atoms with Crippen LogP contribution in [0.2, 0.25) is 0 Å². The van der Waals surface area contributed by atoms with E-state index in [4.69, 9.17) is 14.2 Å². The third-order valence-electron chi connectivity index (χ3n) is 5.37. The van der Waals surface area contributed by atoms with E-state index >= 15 is 0 Å². The van der Waals surface area contributed by atoms with Crippen LogP contribution in [0.1, 0.15) is 23.2 Å². The molecule has 2 aromatic carbocycles. The maximum absolute atomic E-state index is 12.5. The van der Waals surface area contributed by atoms with Crippen LogP contribution in [-0.2, 0) is 0 Å². The van der Waals surface area contributed by atoms with E-state index in [1.165, 1.54) is 0 Å². The first-order chi connectivity index (χ1) is 13.7. The fourth-order valence-corrected chi connectivity index (χ4v) is 3.78. The highest BCUT2D eigenvalue weighted by Crippen LogP contribution is 2.33. The molecule has 148 valence electrons. The maximum atomic E-state index is 12.5. The smallest absolute Gasteiger partial charge is 0.231 e. The number of nitrogens with zero attached hydrogens (tertiary/aromatic N) is 2. The number of para-hydroxylation sites is 2. The minimum absolute atomic E-state index is 0.158. The summed E-state index contributed by atoms with van der Waals surface area (Å²) in [5.74, 6) is 2.46. The van der Waals surface area contributed by atoms with Gasteiger partial charge in [-0.25, -0.2) is 0 Å².